The van der Waals surface area contributed by atoms with Gasteiger partial charge in [0.2, 0.25) is 0 Å². The van der Waals surface area contributed by atoms with E-state index in [2.05, 4.69) is 5.92 Å². The van der Waals surface area contributed by atoms with Crippen molar-refractivity contribution in [2.24, 2.45) is 0 Å². The number of hydrogen-bond donors (Lipinski definition) is 2. The quantitative estimate of drug-likeness (QED) is 0.326. The van der Waals surface area contributed by atoms with E-state index in [4.69, 9.17) is 11.2 Å². The predicted molar refractivity (Wildman–Crippen MR) is 121 cm³/mol. The first kappa shape index (κ1) is 22.9. The van der Waals surface area contributed by atoms with E-state index in [1.54, 1.807) is 54.9 Å². The van der Waals surface area contributed by atoms with Crippen molar-refractivity contribution in [3.8, 4) is 18.1 Å². The third kappa shape index (κ3) is 4.59. The predicted octanol–water partition coefficient (Wildman–Crippen LogP) is 3.50. The molecule has 0 aliphatic rings. The van der Waals surface area contributed by atoms with E-state index in [1.807, 2.05) is 6.07 Å². The fraction of sp³-hybridized carbons (Fsp3) is 0.125. The standard InChI is InChI=1S/C24H22N2O5S/c1-4-18-14-17(2)23(22(15-18)24(27)25-28)26(16-19-8-6-5-7-9-19)32(29,30)21-12-10-20(31-3)11-13-21/h1,5-15,28H,16H2,2-3H3,(H,25,27). The van der Waals surface area contributed by atoms with Crippen molar-refractivity contribution in [3.63, 3.8) is 0 Å². The molecule has 1 amide bonds. The third-order valence-corrected chi connectivity index (χ3v) is 6.64. The van der Waals surface area contributed by atoms with Crippen LogP contribution in [0.15, 0.2) is 71.6 Å². The molecule has 0 saturated heterocycles. The monoisotopic (exact) mass is 450 g/mol. The molecular formula is C24H22N2O5S. The Morgan fingerprint density at radius 3 is 2.34 bits per heavy atom. The van der Waals surface area contributed by atoms with Crippen LogP contribution < -0.4 is 14.5 Å². The number of nitrogens with zero attached hydrogens (tertiary/aromatic N) is 1. The second-order valence-electron chi connectivity index (χ2n) is 6.95. The van der Waals surface area contributed by atoms with Gasteiger partial charge in [-0.2, -0.15) is 0 Å². The molecule has 8 heteroatoms. The van der Waals surface area contributed by atoms with Gasteiger partial charge in [-0.3, -0.25) is 14.3 Å². The number of benzene rings is 3. The number of sulfonamides is 1. The summed E-state index contributed by atoms with van der Waals surface area (Å²) >= 11 is 0. The van der Waals surface area contributed by atoms with Crippen LogP contribution in [0.5, 0.6) is 5.75 Å². The number of aryl methyl sites for hydroxylation is 1. The Balaban J connectivity index is 2.26. The van der Waals surface area contributed by atoms with Gasteiger partial charge >= 0.3 is 0 Å². The second kappa shape index (κ2) is 9.56. The number of methoxy groups -OCH3 is 1. The van der Waals surface area contributed by atoms with Crippen LogP contribution in [0.25, 0.3) is 0 Å². The minimum atomic E-state index is -4.12. The molecule has 32 heavy (non-hydrogen) atoms. The van der Waals surface area contributed by atoms with Gasteiger partial charge < -0.3 is 4.74 Å². The van der Waals surface area contributed by atoms with Crippen LogP contribution in [0, 0.1) is 19.3 Å². The van der Waals surface area contributed by atoms with Crippen molar-refractivity contribution in [2.75, 3.05) is 11.4 Å². The highest BCUT2D eigenvalue weighted by molar-refractivity contribution is 7.92. The summed E-state index contributed by atoms with van der Waals surface area (Å²) in [5.41, 5.74) is 3.19. The Morgan fingerprint density at radius 2 is 1.78 bits per heavy atom. The normalized spacial score (nSPS) is 10.8. The van der Waals surface area contributed by atoms with E-state index < -0.39 is 15.9 Å². The van der Waals surface area contributed by atoms with Crippen LogP contribution in [0.4, 0.5) is 5.69 Å². The van der Waals surface area contributed by atoms with Crippen molar-refractivity contribution in [3.05, 3.63) is 89.0 Å². The topological polar surface area (TPSA) is 95.9 Å². The molecule has 0 fully saturated rings. The molecule has 0 unspecified atom stereocenters. The van der Waals surface area contributed by atoms with Crippen molar-refractivity contribution in [1.82, 2.24) is 5.48 Å². The maximum Gasteiger partial charge on any atom is 0.276 e. The number of rotatable bonds is 7. The summed E-state index contributed by atoms with van der Waals surface area (Å²) in [4.78, 5) is 12.5. The summed E-state index contributed by atoms with van der Waals surface area (Å²) in [6.45, 7) is 1.61. The molecule has 0 radical (unpaired) electrons. The zero-order valence-electron chi connectivity index (χ0n) is 17.6. The highest BCUT2D eigenvalue weighted by Crippen LogP contribution is 2.33. The number of amides is 1. The number of hydrogen-bond acceptors (Lipinski definition) is 5. The minimum Gasteiger partial charge on any atom is -0.497 e. The number of carbonyl (C=O) groups excluding carboxylic acids is 1. The van der Waals surface area contributed by atoms with Crippen molar-refractivity contribution in [2.45, 2.75) is 18.4 Å². The fourth-order valence-electron chi connectivity index (χ4n) is 3.34. The Bertz CT molecular complexity index is 1260. The average molecular weight is 451 g/mol. The van der Waals surface area contributed by atoms with Gasteiger partial charge in [-0.25, -0.2) is 13.9 Å². The smallest absolute Gasteiger partial charge is 0.276 e. The molecular weight excluding hydrogens is 428 g/mol. The molecule has 164 valence electrons. The molecule has 0 aromatic heterocycles. The van der Waals surface area contributed by atoms with Crippen LogP contribution in [-0.4, -0.2) is 26.6 Å². The molecule has 3 aromatic rings. The Labute approximate surface area is 187 Å². The van der Waals surface area contributed by atoms with Crippen LogP contribution in [0.2, 0.25) is 0 Å². The molecule has 7 nitrogen and oxygen atoms in total. The van der Waals surface area contributed by atoms with Gasteiger partial charge in [0.25, 0.3) is 15.9 Å². The number of nitrogens with one attached hydrogen (secondary N) is 1. The van der Waals surface area contributed by atoms with E-state index >= 15 is 0 Å². The summed E-state index contributed by atoms with van der Waals surface area (Å²) in [7, 11) is -2.63. The SMILES string of the molecule is C#Cc1cc(C)c(N(Cc2ccccc2)S(=O)(=O)c2ccc(OC)cc2)c(C(=O)NO)c1. The first-order chi connectivity index (χ1) is 15.3. The Morgan fingerprint density at radius 1 is 1.12 bits per heavy atom. The molecule has 0 atom stereocenters. The van der Waals surface area contributed by atoms with Gasteiger partial charge in [0, 0.05) is 5.56 Å². The first-order valence-electron chi connectivity index (χ1n) is 9.58. The maximum absolute atomic E-state index is 13.8. The average Bonchev–Trinajstić information content (AvgIpc) is 2.82. The number of ether oxygens (including phenoxy) is 1. The Kier molecular flexibility index (Phi) is 6.83. The van der Waals surface area contributed by atoms with E-state index in [0.717, 1.165) is 4.31 Å². The number of carbonyl (C=O) groups is 1. The van der Waals surface area contributed by atoms with E-state index in [9.17, 15) is 18.4 Å². The molecule has 0 aliphatic carbocycles. The van der Waals surface area contributed by atoms with E-state index in [1.165, 1.54) is 25.3 Å². The lowest BCUT2D eigenvalue weighted by atomic mass is 10.0. The molecule has 0 aliphatic heterocycles. The third-order valence-electron chi connectivity index (χ3n) is 4.88. The molecule has 0 saturated carbocycles. The van der Waals surface area contributed by atoms with Gasteiger partial charge in [-0.15, -0.1) is 6.42 Å². The number of terminal acetylenes is 1. The Hall–Kier alpha value is -3.80. The largest absolute Gasteiger partial charge is 0.497 e. The lowest BCUT2D eigenvalue weighted by Crippen LogP contribution is -2.34. The van der Waals surface area contributed by atoms with Crippen LogP contribution >= 0.6 is 0 Å². The minimum absolute atomic E-state index is 0.0185. The first-order valence-corrected chi connectivity index (χ1v) is 11.0. The van der Waals surface area contributed by atoms with Gasteiger partial charge in [-0.05, 0) is 54.4 Å². The zero-order chi connectivity index (χ0) is 23.3. The lowest BCUT2D eigenvalue weighted by Gasteiger charge is -2.28. The second-order valence-corrected chi connectivity index (χ2v) is 8.81. The molecule has 0 bridgehead atoms. The van der Waals surface area contributed by atoms with Crippen molar-refractivity contribution < 1.29 is 23.2 Å². The fourth-order valence-corrected chi connectivity index (χ4v) is 4.87. The number of hydroxylamine groups is 1. The van der Waals surface area contributed by atoms with Gasteiger partial charge in [0.1, 0.15) is 5.75 Å². The van der Waals surface area contributed by atoms with Gasteiger partial charge in [0.15, 0.2) is 0 Å². The summed E-state index contributed by atoms with van der Waals surface area (Å²) in [5.74, 6) is 2.08. The van der Waals surface area contributed by atoms with Crippen LogP contribution in [-0.2, 0) is 16.6 Å². The highest BCUT2D eigenvalue weighted by Gasteiger charge is 2.30. The van der Waals surface area contributed by atoms with Crippen LogP contribution in [0.3, 0.4) is 0 Å². The molecule has 0 spiro atoms. The summed E-state index contributed by atoms with van der Waals surface area (Å²) in [6.07, 6.45) is 5.50. The lowest BCUT2D eigenvalue weighted by molar-refractivity contribution is 0.0707. The van der Waals surface area contributed by atoms with Gasteiger partial charge in [0.05, 0.1) is 29.8 Å². The highest BCUT2D eigenvalue weighted by atomic mass is 32.2. The van der Waals surface area contributed by atoms with E-state index in [-0.39, 0.29) is 22.7 Å². The van der Waals surface area contributed by atoms with Crippen LogP contribution in [0.1, 0.15) is 27.0 Å². The van der Waals surface area contributed by atoms with Crippen molar-refractivity contribution in [1.29, 1.82) is 0 Å². The maximum atomic E-state index is 13.8. The zero-order valence-corrected chi connectivity index (χ0v) is 18.4. The summed E-state index contributed by atoms with van der Waals surface area (Å²) < 4.78 is 33.8. The molecule has 3 aromatic carbocycles. The van der Waals surface area contributed by atoms with Gasteiger partial charge in [-0.1, -0.05) is 36.3 Å². The van der Waals surface area contributed by atoms with Crippen molar-refractivity contribution >= 4 is 21.6 Å². The number of anilines is 1. The summed E-state index contributed by atoms with van der Waals surface area (Å²) in [5, 5.41) is 9.28. The molecule has 2 N–H and O–H groups in total. The molecule has 0 heterocycles. The van der Waals surface area contributed by atoms with E-state index in [0.29, 0.717) is 22.4 Å². The summed E-state index contributed by atoms with van der Waals surface area (Å²) in [6, 6.07) is 17.9. The molecule has 3 rings (SSSR count).